The van der Waals surface area contributed by atoms with Crippen LogP contribution in [0.1, 0.15) is 22.4 Å². The summed E-state index contributed by atoms with van der Waals surface area (Å²) in [6.07, 6.45) is -0.102. The van der Waals surface area contributed by atoms with Gasteiger partial charge in [-0.25, -0.2) is 0 Å². The number of amidine groups is 1. The van der Waals surface area contributed by atoms with Crippen LogP contribution in [-0.4, -0.2) is 26.7 Å². The van der Waals surface area contributed by atoms with Crippen molar-refractivity contribution in [1.29, 1.82) is 5.41 Å². The summed E-state index contributed by atoms with van der Waals surface area (Å²) < 4.78 is 7.84. The fraction of sp³-hybridized carbons (Fsp3) is 0.160. The number of aryl methyl sites for hydroxylation is 2. The highest BCUT2D eigenvalue weighted by molar-refractivity contribution is 5.96. The van der Waals surface area contributed by atoms with E-state index in [-0.39, 0.29) is 18.9 Å². The maximum absolute atomic E-state index is 11.2. The van der Waals surface area contributed by atoms with Crippen molar-refractivity contribution in [2.24, 2.45) is 12.8 Å². The number of nitrogen functional groups attached to an aromatic ring is 1. The van der Waals surface area contributed by atoms with E-state index in [2.05, 4.69) is 11.2 Å². The average Bonchev–Trinajstić information content (AvgIpc) is 3.08. The normalized spacial score (nSPS) is 10.9. The van der Waals surface area contributed by atoms with Gasteiger partial charge < -0.3 is 15.6 Å². The molecule has 32 heavy (non-hydrogen) atoms. The number of nitrogens with one attached hydrogen (secondary N) is 1. The molecule has 0 saturated carbocycles. The Bertz CT molecular complexity index is 1340. The molecule has 0 atom stereocenters. The minimum atomic E-state index is -0.903. The van der Waals surface area contributed by atoms with Gasteiger partial charge in [-0.15, -0.1) is 0 Å². The van der Waals surface area contributed by atoms with Crippen LogP contribution in [0.5, 0.6) is 5.75 Å². The first kappa shape index (κ1) is 21.1. The number of rotatable bonds is 7. The number of carboxylic acids is 1. The maximum atomic E-state index is 11.2. The van der Waals surface area contributed by atoms with E-state index >= 15 is 0 Å². The number of aromatic nitrogens is 2. The summed E-state index contributed by atoms with van der Waals surface area (Å²) in [5.74, 6) is -0.324. The van der Waals surface area contributed by atoms with Crippen molar-refractivity contribution in [3.05, 3.63) is 83.0 Å². The Kier molecular flexibility index (Phi) is 5.64. The van der Waals surface area contributed by atoms with E-state index in [1.54, 1.807) is 10.7 Å². The molecular weight excluding hydrogens is 404 g/mol. The average molecular weight is 428 g/mol. The molecule has 3 aromatic carbocycles. The van der Waals surface area contributed by atoms with E-state index in [1.165, 1.54) is 0 Å². The van der Waals surface area contributed by atoms with Crippen LogP contribution in [0.25, 0.3) is 22.0 Å². The molecule has 0 fully saturated rings. The molecule has 1 heterocycles. The smallest absolute Gasteiger partial charge is 0.307 e. The highest BCUT2D eigenvalue weighted by atomic mass is 16.5. The van der Waals surface area contributed by atoms with Gasteiger partial charge in [-0.2, -0.15) is 5.10 Å². The predicted octanol–water partition coefficient (Wildman–Crippen LogP) is 4.04. The Morgan fingerprint density at radius 2 is 1.91 bits per heavy atom. The van der Waals surface area contributed by atoms with E-state index in [0.29, 0.717) is 16.9 Å². The number of benzene rings is 3. The van der Waals surface area contributed by atoms with Gasteiger partial charge in [0.1, 0.15) is 23.9 Å². The van der Waals surface area contributed by atoms with Crippen molar-refractivity contribution in [2.45, 2.75) is 20.0 Å². The van der Waals surface area contributed by atoms with Gasteiger partial charge in [-0.3, -0.25) is 14.9 Å². The van der Waals surface area contributed by atoms with E-state index in [1.807, 2.05) is 62.5 Å². The summed E-state index contributed by atoms with van der Waals surface area (Å²) in [6.45, 7) is 2.15. The topological polar surface area (TPSA) is 114 Å². The fourth-order valence-electron chi connectivity index (χ4n) is 3.74. The zero-order valence-corrected chi connectivity index (χ0v) is 17.9. The Morgan fingerprint density at radius 1 is 1.12 bits per heavy atom. The van der Waals surface area contributed by atoms with Gasteiger partial charge in [0.2, 0.25) is 0 Å². The zero-order valence-electron chi connectivity index (χ0n) is 17.9. The molecule has 1 aromatic heterocycles. The van der Waals surface area contributed by atoms with Gasteiger partial charge in [0.05, 0.1) is 11.9 Å². The molecule has 0 aliphatic rings. The summed E-state index contributed by atoms with van der Waals surface area (Å²) in [7, 11) is 1.88. The molecule has 0 saturated heterocycles. The van der Waals surface area contributed by atoms with Gasteiger partial charge in [0.25, 0.3) is 0 Å². The summed E-state index contributed by atoms with van der Waals surface area (Å²) in [6, 6.07) is 19.1. The molecule has 0 unspecified atom stereocenters. The summed E-state index contributed by atoms with van der Waals surface area (Å²) >= 11 is 0. The number of hydrogen-bond donors (Lipinski definition) is 3. The Hall–Kier alpha value is -4.13. The number of carbonyl (C=O) groups is 1. The minimum absolute atomic E-state index is 0.0266. The second-order valence-electron chi connectivity index (χ2n) is 7.77. The lowest BCUT2D eigenvalue weighted by molar-refractivity contribution is -0.136. The zero-order chi connectivity index (χ0) is 22.8. The third-order valence-electron chi connectivity index (χ3n) is 5.36. The number of ether oxygens (including phenoxy) is 1. The highest BCUT2D eigenvalue weighted by Crippen LogP contribution is 2.28. The molecule has 0 amide bonds. The summed E-state index contributed by atoms with van der Waals surface area (Å²) in [5, 5.41) is 22.4. The number of fused-ring (bicyclic) bond motifs is 1. The molecule has 0 bridgehead atoms. The molecule has 4 rings (SSSR count). The van der Waals surface area contributed by atoms with Crippen LogP contribution in [0.4, 0.5) is 0 Å². The first-order valence-electron chi connectivity index (χ1n) is 10.2. The van der Waals surface area contributed by atoms with Crippen molar-refractivity contribution in [2.75, 3.05) is 0 Å². The standard InChI is InChI=1S/C25H24N4O3/c1-15-6-7-18(13-24(30)31)23(10-15)32-14-21-20-12-17(8-9-22(20)29(2)28-21)16-4-3-5-19(11-16)25(26)27/h3-12H,13-14H2,1-2H3,(H3,26,27)(H,30,31). The SMILES string of the molecule is Cc1ccc(CC(=O)O)c(OCc2nn(C)c3ccc(-c4cccc(C(=N)N)c4)cc23)c1. The molecule has 0 aliphatic carbocycles. The highest BCUT2D eigenvalue weighted by Gasteiger charge is 2.14. The monoisotopic (exact) mass is 428 g/mol. The van der Waals surface area contributed by atoms with Crippen LogP contribution in [0.2, 0.25) is 0 Å². The number of nitrogens with two attached hydrogens (primary N) is 1. The molecule has 7 nitrogen and oxygen atoms in total. The molecule has 4 N–H and O–H groups in total. The van der Waals surface area contributed by atoms with Crippen molar-refractivity contribution in [3.8, 4) is 16.9 Å². The molecule has 4 aromatic rings. The van der Waals surface area contributed by atoms with E-state index in [0.717, 1.165) is 33.3 Å². The van der Waals surface area contributed by atoms with E-state index < -0.39 is 5.97 Å². The summed E-state index contributed by atoms with van der Waals surface area (Å²) in [5.41, 5.74) is 11.6. The number of nitrogens with zero attached hydrogens (tertiary/aromatic N) is 2. The molecule has 0 aliphatic heterocycles. The lowest BCUT2D eigenvalue weighted by Gasteiger charge is -2.11. The second kappa shape index (κ2) is 8.55. The maximum Gasteiger partial charge on any atom is 0.307 e. The van der Waals surface area contributed by atoms with Gasteiger partial charge in [-0.05, 0) is 47.9 Å². The van der Waals surface area contributed by atoms with Crippen LogP contribution in [-0.2, 0) is 24.9 Å². The van der Waals surface area contributed by atoms with Gasteiger partial charge in [0, 0.05) is 23.6 Å². The number of aliphatic carboxylic acids is 1. The first-order chi connectivity index (χ1) is 15.3. The second-order valence-corrected chi connectivity index (χ2v) is 7.77. The van der Waals surface area contributed by atoms with Crippen LogP contribution < -0.4 is 10.5 Å². The van der Waals surface area contributed by atoms with Gasteiger partial charge >= 0.3 is 5.97 Å². The first-order valence-corrected chi connectivity index (χ1v) is 10.2. The number of hydrogen-bond acceptors (Lipinski definition) is 4. The van der Waals surface area contributed by atoms with Crippen molar-refractivity contribution in [3.63, 3.8) is 0 Å². The van der Waals surface area contributed by atoms with Crippen LogP contribution >= 0.6 is 0 Å². The van der Waals surface area contributed by atoms with Crippen LogP contribution in [0, 0.1) is 12.3 Å². The van der Waals surface area contributed by atoms with Gasteiger partial charge in [-0.1, -0.05) is 36.4 Å². The van der Waals surface area contributed by atoms with Gasteiger partial charge in [0.15, 0.2) is 0 Å². The molecule has 7 heteroatoms. The Balaban J connectivity index is 1.68. The third-order valence-corrected chi connectivity index (χ3v) is 5.36. The quantitative estimate of drug-likeness (QED) is 0.304. The lowest BCUT2D eigenvalue weighted by Crippen LogP contribution is -2.10. The lowest BCUT2D eigenvalue weighted by atomic mass is 10.0. The minimum Gasteiger partial charge on any atom is -0.487 e. The third kappa shape index (κ3) is 4.32. The predicted molar refractivity (Wildman–Crippen MR) is 124 cm³/mol. The summed E-state index contributed by atoms with van der Waals surface area (Å²) in [4.78, 5) is 11.2. The molecule has 0 spiro atoms. The molecular formula is C25H24N4O3. The van der Waals surface area contributed by atoms with Crippen molar-refractivity contribution in [1.82, 2.24) is 9.78 Å². The van der Waals surface area contributed by atoms with E-state index in [9.17, 15) is 9.90 Å². The number of carboxylic acid groups (broad SMARTS) is 1. The Morgan fingerprint density at radius 3 is 2.66 bits per heavy atom. The van der Waals surface area contributed by atoms with Crippen LogP contribution in [0.15, 0.2) is 60.7 Å². The van der Waals surface area contributed by atoms with Crippen molar-refractivity contribution >= 4 is 22.7 Å². The van der Waals surface area contributed by atoms with Crippen LogP contribution in [0.3, 0.4) is 0 Å². The Labute approximate surface area is 185 Å². The van der Waals surface area contributed by atoms with Crippen molar-refractivity contribution < 1.29 is 14.6 Å². The fourth-order valence-corrected chi connectivity index (χ4v) is 3.74. The van der Waals surface area contributed by atoms with E-state index in [4.69, 9.17) is 15.9 Å². The molecule has 0 radical (unpaired) electrons. The molecule has 162 valence electrons. The largest absolute Gasteiger partial charge is 0.487 e.